The maximum atomic E-state index is 12.8. The average Bonchev–Trinajstić information content (AvgIpc) is 3.08. The molecule has 4 rings (SSSR count). The number of thioether (sulfide) groups is 1. The van der Waals surface area contributed by atoms with E-state index < -0.39 is 11.0 Å². The second-order valence-corrected chi connectivity index (χ2v) is 9.72. The zero-order chi connectivity index (χ0) is 18.8. The molecule has 142 valence electrons. The van der Waals surface area contributed by atoms with Crippen LogP contribution in [0.1, 0.15) is 18.4 Å². The Balaban J connectivity index is 1.48. The molecule has 0 amide bonds. The van der Waals surface area contributed by atoms with Crippen molar-refractivity contribution < 1.29 is 4.21 Å². The lowest BCUT2D eigenvalue weighted by atomic mass is 10.2. The lowest BCUT2D eigenvalue weighted by molar-refractivity contribution is 0.531. The highest BCUT2D eigenvalue weighted by atomic mass is 35.5. The molecule has 1 aromatic heterocycles. The highest BCUT2D eigenvalue weighted by Gasteiger charge is 2.15. The number of hydrogen-bond donors (Lipinski definition) is 3. The first-order valence-electron chi connectivity index (χ1n) is 9.04. The Kier molecular flexibility index (Phi) is 5.78. The van der Waals surface area contributed by atoms with E-state index in [0.29, 0.717) is 10.3 Å². The molecular formula is C20H22ClN3OS2. The van der Waals surface area contributed by atoms with Crippen LogP contribution < -0.4 is 10.0 Å². The van der Waals surface area contributed by atoms with Gasteiger partial charge in [0.05, 0.1) is 21.1 Å². The van der Waals surface area contributed by atoms with Crippen LogP contribution >= 0.6 is 23.4 Å². The monoisotopic (exact) mass is 419 g/mol. The number of rotatable bonds is 5. The van der Waals surface area contributed by atoms with E-state index in [1.807, 2.05) is 49.1 Å². The van der Waals surface area contributed by atoms with Gasteiger partial charge in [-0.15, -0.1) is 11.8 Å². The minimum atomic E-state index is -1.34. The fourth-order valence-electron chi connectivity index (χ4n) is 3.36. The maximum Gasteiger partial charge on any atom is 0.150 e. The van der Waals surface area contributed by atoms with Gasteiger partial charge in [0, 0.05) is 21.7 Å². The van der Waals surface area contributed by atoms with Crippen LogP contribution in [0.15, 0.2) is 52.4 Å². The number of anilines is 1. The van der Waals surface area contributed by atoms with Crippen LogP contribution in [0.25, 0.3) is 10.9 Å². The van der Waals surface area contributed by atoms with Crippen molar-refractivity contribution in [3.8, 4) is 0 Å². The Morgan fingerprint density at radius 2 is 1.89 bits per heavy atom. The van der Waals surface area contributed by atoms with Crippen molar-refractivity contribution >= 4 is 50.9 Å². The van der Waals surface area contributed by atoms with E-state index in [1.54, 1.807) is 0 Å². The molecule has 4 nitrogen and oxygen atoms in total. The summed E-state index contributed by atoms with van der Waals surface area (Å²) in [4.78, 5) is 5.21. The molecule has 1 aliphatic heterocycles. The maximum absolute atomic E-state index is 12.8. The molecule has 1 saturated heterocycles. The van der Waals surface area contributed by atoms with Crippen LogP contribution in [0.5, 0.6) is 0 Å². The zero-order valence-electron chi connectivity index (χ0n) is 15.0. The zero-order valence-corrected chi connectivity index (χ0v) is 17.4. The van der Waals surface area contributed by atoms with Crippen LogP contribution in [-0.4, -0.2) is 27.5 Å². The Morgan fingerprint density at radius 1 is 1.15 bits per heavy atom. The van der Waals surface area contributed by atoms with Crippen LogP contribution in [0, 0.1) is 6.92 Å². The van der Waals surface area contributed by atoms with Crippen molar-refractivity contribution in [2.75, 3.05) is 17.8 Å². The molecule has 1 atom stereocenters. The van der Waals surface area contributed by atoms with E-state index in [-0.39, 0.29) is 0 Å². The van der Waals surface area contributed by atoms with Gasteiger partial charge in [0.25, 0.3) is 0 Å². The third-order valence-corrected chi connectivity index (χ3v) is 7.58. The average molecular weight is 420 g/mol. The van der Waals surface area contributed by atoms with Gasteiger partial charge in [0.2, 0.25) is 0 Å². The molecule has 3 N–H and O–H groups in total. The Morgan fingerprint density at radius 3 is 2.63 bits per heavy atom. The first-order chi connectivity index (χ1) is 13.1. The molecule has 2 heterocycles. The number of H-pyrrole nitrogens is 1. The molecule has 3 aromatic rings. The van der Waals surface area contributed by atoms with Gasteiger partial charge in [0.15, 0.2) is 0 Å². The van der Waals surface area contributed by atoms with Crippen molar-refractivity contribution in [1.82, 2.24) is 10.3 Å². The predicted molar refractivity (Wildman–Crippen MR) is 116 cm³/mol. The fourth-order valence-corrected chi connectivity index (χ4v) is 5.68. The number of piperidine rings is 1. The standard InChI is InChI=1S/C20H22ClN3OS2/c1-13-12-23-20-18(7-6-17(21)19(13)20)24-27(25)16-4-2-14(3-5-16)26-15-8-10-22-11-9-15/h2-7,12,15,22-24H,8-11H2,1H3. The summed E-state index contributed by atoms with van der Waals surface area (Å²) in [6.45, 7) is 4.19. The van der Waals surface area contributed by atoms with E-state index in [4.69, 9.17) is 11.6 Å². The largest absolute Gasteiger partial charge is 0.359 e. The summed E-state index contributed by atoms with van der Waals surface area (Å²) in [5.74, 6) is 0. The van der Waals surface area contributed by atoms with Gasteiger partial charge in [0.1, 0.15) is 11.0 Å². The lowest BCUT2D eigenvalue weighted by Crippen LogP contribution is -2.29. The molecule has 0 saturated carbocycles. The van der Waals surface area contributed by atoms with Crippen molar-refractivity contribution in [1.29, 1.82) is 0 Å². The summed E-state index contributed by atoms with van der Waals surface area (Å²) in [7, 11) is -1.34. The number of aromatic amines is 1. The van der Waals surface area contributed by atoms with E-state index in [0.717, 1.165) is 40.1 Å². The number of aryl methyl sites for hydroxylation is 1. The minimum absolute atomic E-state index is 0.666. The van der Waals surface area contributed by atoms with Crippen LogP contribution in [-0.2, 0) is 11.0 Å². The van der Waals surface area contributed by atoms with Crippen LogP contribution in [0.4, 0.5) is 5.69 Å². The summed E-state index contributed by atoms with van der Waals surface area (Å²) >= 11 is 8.21. The number of fused-ring (bicyclic) bond motifs is 1. The van der Waals surface area contributed by atoms with Gasteiger partial charge >= 0.3 is 0 Å². The van der Waals surface area contributed by atoms with E-state index in [2.05, 4.69) is 27.2 Å². The Labute approximate surface area is 171 Å². The van der Waals surface area contributed by atoms with Gasteiger partial charge in [-0.25, -0.2) is 4.21 Å². The summed E-state index contributed by atoms with van der Waals surface area (Å²) in [6.07, 6.45) is 4.31. The molecule has 0 spiro atoms. The predicted octanol–water partition coefficient (Wildman–Crippen LogP) is 5.11. The molecule has 1 unspecified atom stereocenters. The molecule has 27 heavy (non-hydrogen) atoms. The SMILES string of the molecule is Cc1c[nH]c2c(NS(=O)c3ccc(SC4CCNCC4)cc3)ccc(Cl)c12. The first-order valence-corrected chi connectivity index (χ1v) is 11.4. The van der Waals surface area contributed by atoms with Crippen molar-refractivity contribution in [2.45, 2.75) is 34.8 Å². The lowest BCUT2D eigenvalue weighted by Gasteiger charge is -2.22. The van der Waals surface area contributed by atoms with Gasteiger partial charge in [-0.1, -0.05) is 11.6 Å². The van der Waals surface area contributed by atoms with E-state index in [9.17, 15) is 4.21 Å². The second-order valence-electron chi connectivity index (χ2n) is 6.73. The minimum Gasteiger partial charge on any atom is -0.359 e. The van der Waals surface area contributed by atoms with Crippen LogP contribution in [0.2, 0.25) is 5.02 Å². The number of hydrogen-bond acceptors (Lipinski definition) is 3. The molecular weight excluding hydrogens is 398 g/mol. The highest BCUT2D eigenvalue weighted by molar-refractivity contribution is 8.00. The number of benzene rings is 2. The summed E-state index contributed by atoms with van der Waals surface area (Å²) in [6, 6.07) is 11.7. The topological polar surface area (TPSA) is 56.9 Å². The Bertz CT molecular complexity index is 965. The van der Waals surface area contributed by atoms with Gasteiger partial charge in [-0.05, 0) is 74.8 Å². The molecule has 0 bridgehead atoms. The number of aromatic nitrogens is 1. The smallest absolute Gasteiger partial charge is 0.150 e. The van der Waals surface area contributed by atoms with Crippen molar-refractivity contribution in [3.63, 3.8) is 0 Å². The van der Waals surface area contributed by atoms with Gasteiger partial charge in [-0.3, -0.25) is 4.72 Å². The van der Waals surface area contributed by atoms with Gasteiger partial charge in [-0.2, -0.15) is 0 Å². The third kappa shape index (κ3) is 4.19. The first kappa shape index (κ1) is 18.9. The summed E-state index contributed by atoms with van der Waals surface area (Å²) < 4.78 is 15.9. The summed E-state index contributed by atoms with van der Waals surface area (Å²) in [5.41, 5.74) is 2.74. The molecule has 0 aliphatic carbocycles. The Hall–Kier alpha value is -1.47. The second kappa shape index (κ2) is 8.27. The van der Waals surface area contributed by atoms with Crippen molar-refractivity contribution in [3.05, 3.63) is 53.2 Å². The molecule has 1 fully saturated rings. The highest BCUT2D eigenvalue weighted by Crippen LogP contribution is 2.33. The number of nitrogens with one attached hydrogen (secondary N) is 3. The third-order valence-electron chi connectivity index (χ3n) is 4.81. The summed E-state index contributed by atoms with van der Waals surface area (Å²) in [5, 5.41) is 5.72. The molecule has 0 radical (unpaired) electrons. The van der Waals surface area contributed by atoms with Crippen molar-refractivity contribution in [2.24, 2.45) is 0 Å². The van der Waals surface area contributed by atoms with Gasteiger partial charge < -0.3 is 10.3 Å². The van der Waals surface area contributed by atoms with E-state index >= 15 is 0 Å². The molecule has 7 heteroatoms. The fraction of sp³-hybridized carbons (Fsp3) is 0.300. The van der Waals surface area contributed by atoms with Crippen LogP contribution in [0.3, 0.4) is 0 Å². The van der Waals surface area contributed by atoms with E-state index in [1.165, 1.54) is 17.7 Å². The number of halogens is 1. The normalized spacial score (nSPS) is 16.5. The molecule has 1 aliphatic rings. The molecule has 2 aromatic carbocycles. The quantitative estimate of drug-likeness (QED) is 0.538.